The van der Waals surface area contributed by atoms with Gasteiger partial charge in [-0.2, -0.15) is 0 Å². The van der Waals surface area contributed by atoms with Gasteiger partial charge in [0.2, 0.25) is 11.8 Å². The molecule has 1 saturated carbocycles. The predicted molar refractivity (Wildman–Crippen MR) is 65.3 cm³/mol. The molecular formula is C13H20N2O2. The van der Waals surface area contributed by atoms with E-state index in [0.717, 1.165) is 12.8 Å². The number of nitrogens with zero attached hydrogens (tertiary/aromatic N) is 1. The average molecular weight is 236 g/mol. The zero-order valence-electron chi connectivity index (χ0n) is 10.2. The lowest BCUT2D eigenvalue weighted by atomic mass is 10.1. The molecule has 1 unspecified atom stereocenters. The predicted octanol–water partition coefficient (Wildman–Crippen LogP) is 1.22. The Morgan fingerprint density at radius 3 is 2.76 bits per heavy atom. The van der Waals surface area contributed by atoms with E-state index >= 15 is 0 Å². The van der Waals surface area contributed by atoms with Gasteiger partial charge in [0.15, 0.2) is 0 Å². The molecule has 2 rings (SSSR count). The quantitative estimate of drug-likeness (QED) is 0.746. The van der Waals surface area contributed by atoms with Crippen LogP contribution >= 0.6 is 0 Å². The summed E-state index contributed by atoms with van der Waals surface area (Å²) in [4.78, 5) is 25.7. The summed E-state index contributed by atoms with van der Waals surface area (Å²) in [6.45, 7) is 4.05. The van der Waals surface area contributed by atoms with Crippen LogP contribution < -0.4 is 5.32 Å². The molecule has 1 saturated heterocycles. The van der Waals surface area contributed by atoms with Crippen molar-refractivity contribution in [3.05, 3.63) is 12.7 Å². The topological polar surface area (TPSA) is 49.4 Å². The van der Waals surface area contributed by atoms with E-state index in [0.29, 0.717) is 25.4 Å². The highest BCUT2D eigenvalue weighted by molar-refractivity contribution is 5.91. The molecule has 1 aliphatic heterocycles. The van der Waals surface area contributed by atoms with Crippen LogP contribution in [0.1, 0.15) is 38.5 Å². The Bertz CT molecular complexity index is 321. The monoisotopic (exact) mass is 236 g/mol. The van der Waals surface area contributed by atoms with Crippen molar-refractivity contribution in [1.29, 1.82) is 0 Å². The van der Waals surface area contributed by atoms with Crippen molar-refractivity contribution in [2.75, 3.05) is 6.54 Å². The van der Waals surface area contributed by atoms with Crippen LogP contribution in [0.5, 0.6) is 0 Å². The number of hydrogen-bond donors (Lipinski definition) is 1. The number of nitrogens with one attached hydrogen (secondary N) is 1. The van der Waals surface area contributed by atoms with Gasteiger partial charge < -0.3 is 10.2 Å². The molecule has 1 N–H and O–H groups in total. The molecule has 4 heteroatoms. The highest BCUT2D eigenvalue weighted by Gasteiger charge is 2.40. The fourth-order valence-electron chi connectivity index (χ4n) is 2.89. The van der Waals surface area contributed by atoms with E-state index in [-0.39, 0.29) is 17.9 Å². The van der Waals surface area contributed by atoms with Gasteiger partial charge in [-0.3, -0.25) is 9.59 Å². The van der Waals surface area contributed by atoms with Gasteiger partial charge in [-0.25, -0.2) is 0 Å². The van der Waals surface area contributed by atoms with Gasteiger partial charge in [0, 0.05) is 19.0 Å². The first kappa shape index (κ1) is 12.1. The molecule has 0 radical (unpaired) electrons. The zero-order chi connectivity index (χ0) is 12.3. The normalized spacial score (nSPS) is 25.3. The first-order valence-electron chi connectivity index (χ1n) is 6.44. The Hall–Kier alpha value is -1.32. The van der Waals surface area contributed by atoms with Gasteiger partial charge in [-0.05, 0) is 19.3 Å². The first-order chi connectivity index (χ1) is 8.24. The van der Waals surface area contributed by atoms with Crippen LogP contribution in [0, 0.1) is 0 Å². The smallest absolute Gasteiger partial charge is 0.243 e. The molecule has 2 aliphatic rings. The molecule has 0 bridgehead atoms. The summed E-state index contributed by atoms with van der Waals surface area (Å²) in [5, 5.41) is 2.80. The van der Waals surface area contributed by atoms with Crippen LogP contribution in [0.3, 0.4) is 0 Å². The summed E-state index contributed by atoms with van der Waals surface area (Å²) in [6.07, 6.45) is 7.30. The summed E-state index contributed by atoms with van der Waals surface area (Å²) < 4.78 is 0. The summed E-state index contributed by atoms with van der Waals surface area (Å²) in [5.74, 6) is 0.123. The number of hydrogen-bond acceptors (Lipinski definition) is 2. The molecule has 0 aromatic carbocycles. The Morgan fingerprint density at radius 2 is 2.12 bits per heavy atom. The molecule has 0 aromatic heterocycles. The molecule has 1 aliphatic carbocycles. The van der Waals surface area contributed by atoms with Gasteiger partial charge in [0.25, 0.3) is 0 Å². The third-order valence-corrected chi connectivity index (χ3v) is 3.70. The minimum atomic E-state index is -0.245. The second-order valence-corrected chi connectivity index (χ2v) is 4.83. The summed E-state index contributed by atoms with van der Waals surface area (Å²) in [5.41, 5.74) is 0. The van der Waals surface area contributed by atoms with Gasteiger partial charge >= 0.3 is 0 Å². The van der Waals surface area contributed by atoms with E-state index in [4.69, 9.17) is 0 Å². The van der Waals surface area contributed by atoms with Crippen LogP contribution in [0.25, 0.3) is 0 Å². The SMILES string of the molecule is C=CCNC(=O)C1CCC(=O)N1C1CCCC1. The highest BCUT2D eigenvalue weighted by Crippen LogP contribution is 2.30. The van der Waals surface area contributed by atoms with Gasteiger partial charge in [-0.1, -0.05) is 18.9 Å². The summed E-state index contributed by atoms with van der Waals surface area (Å²) >= 11 is 0. The molecule has 2 amide bonds. The van der Waals surface area contributed by atoms with Crippen LogP contribution in [0.2, 0.25) is 0 Å². The minimum Gasteiger partial charge on any atom is -0.351 e. The third kappa shape index (κ3) is 2.51. The second kappa shape index (κ2) is 5.34. The lowest BCUT2D eigenvalue weighted by Crippen LogP contribution is -2.48. The molecule has 4 nitrogen and oxygen atoms in total. The van der Waals surface area contributed by atoms with E-state index < -0.39 is 0 Å². The fraction of sp³-hybridized carbons (Fsp3) is 0.692. The number of carbonyl (C=O) groups is 2. The largest absolute Gasteiger partial charge is 0.351 e. The van der Waals surface area contributed by atoms with Gasteiger partial charge in [-0.15, -0.1) is 6.58 Å². The molecule has 2 fully saturated rings. The Kier molecular flexibility index (Phi) is 3.82. The van der Waals surface area contributed by atoms with Crippen LogP contribution in [0.4, 0.5) is 0 Å². The van der Waals surface area contributed by atoms with Crippen LogP contribution in [0.15, 0.2) is 12.7 Å². The maximum absolute atomic E-state index is 12.0. The first-order valence-corrected chi connectivity index (χ1v) is 6.44. The lowest BCUT2D eigenvalue weighted by Gasteiger charge is -2.29. The van der Waals surface area contributed by atoms with Crippen molar-refractivity contribution < 1.29 is 9.59 Å². The highest BCUT2D eigenvalue weighted by atomic mass is 16.2. The van der Waals surface area contributed by atoms with Crippen molar-refractivity contribution in [1.82, 2.24) is 10.2 Å². The zero-order valence-corrected chi connectivity index (χ0v) is 10.2. The third-order valence-electron chi connectivity index (χ3n) is 3.70. The van der Waals surface area contributed by atoms with E-state index in [1.165, 1.54) is 12.8 Å². The maximum atomic E-state index is 12.0. The summed E-state index contributed by atoms with van der Waals surface area (Å²) in [7, 11) is 0. The standard InChI is InChI=1S/C13H20N2O2/c1-2-9-14-13(17)11-7-8-12(16)15(11)10-5-3-4-6-10/h2,10-11H,1,3-9H2,(H,14,17). The van der Waals surface area contributed by atoms with Crippen molar-refractivity contribution >= 4 is 11.8 Å². The molecular weight excluding hydrogens is 216 g/mol. The molecule has 94 valence electrons. The van der Waals surface area contributed by atoms with Crippen LogP contribution in [-0.4, -0.2) is 35.3 Å². The van der Waals surface area contributed by atoms with Crippen molar-refractivity contribution in [2.24, 2.45) is 0 Å². The molecule has 0 spiro atoms. The molecule has 0 aromatic rings. The van der Waals surface area contributed by atoms with Crippen molar-refractivity contribution in [3.63, 3.8) is 0 Å². The maximum Gasteiger partial charge on any atom is 0.243 e. The molecule has 1 heterocycles. The Balaban J connectivity index is 2.02. The lowest BCUT2D eigenvalue weighted by molar-refractivity contribution is -0.137. The fourth-order valence-corrected chi connectivity index (χ4v) is 2.89. The number of rotatable bonds is 4. The van der Waals surface area contributed by atoms with E-state index in [9.17, 15) is 9.59 Å². The molecule has 17 heavy (non-hydrogen) atoms. The van der Waals surface area contributed by atoms with Crippen molar-refractivity contribution in [3.8, 4) is 0 Å². The van der Waals surface area contributed by atoms with E-state index in [1.807, 2.05) is 4.90 Å². The van der Waals surface area contributed by atoms with E-state index in [2.05, 4.69) is 11.9 Å². The number of likely N-dealkylation sites (tertiary alicyclic amines) is 1. The number of amides is 2. The summed E-state index contributed by atoms with van der Waals surface area (Å²) in [6, 6.07) is 0.0510. The Morgan fingerprint density at radius 1 is 1.41 bits per heavy atom. The average Bonchev–Trinajstić information content (AvgIpc) is 2.94. The van der Waals surface area contributed by atoms with Crippen molar-refractivity contribution in [2.45, 2.75) is 50.6 Å². The van der Waals surface area contributed by atoms with Gasteiger partial charge in [0.05, 0.1) is 0 Å². The molecule has 1 atom stereocenters. The van der Waals surface area contributed by atoms with E-state index in [1.54, 1.807) is 6.08 Å². The van der Waals surface area contributed by atoms with Crippen LogP contribution in [-0.2, 0) is 9.59 Å². The number of carbonyl (C=O) groups excluding carboxylic acids is 2. The van der Waals surface area contributed by atoms with Gasteiger partial charge in [0.1, 0.15) is 6.04 Å². The Labute approximate surface area is 102 Å². The second-order valence-electron chi connectivity index (χ2n) is 4.83. The minimum absolute atomic E-state index is 0.0253.